The van der Waals surface area contributed by atoms with Gasteiger partial charge in [0.1, 0.15) is 0 Å². The molecule has 0 radical (unpaired) electrons. The maximum absolute atomic E-state index is 12.3. The molecule has 1 aliphatic rings. The fraction of sp³-hybridized carbons (Fsp3) is 0.364. The molecule has 0 unspecified atom stereocenters. The number of rotatable bonds is 5. The number of carbonyl (C=O) groups is 2. The van der Waals surface area contributed by atoms with E-state index in [1.165, 1.54) is 24.8 Å². The quantitative estimate of drug-likeness (QED) is 0.857. The molecule has 0 heterocycles. The van der Waals surface area contributed by atoms with Crippen LogP contribution < -0.4 is 10.6 Å². The number of benzene rings is 2. The zero-order valence-electron chi connectivity index (χ0n) is 15.3. The molecule has 0 aromatic heterocycles. The normalized spacial score (nSPS) is 14.7. The van der Waals surface area contributed by atoms with E-state index in [-0.39, 0.29) is 17.9 Å². The lowest BCUT2D eigenvalue weighted by atomic mass is 9.95. The van der Waals surface area contributed by atoms with Crippen LogP contribution in [-0.4, -0.2) is 17.9 Å². The number of carbonyl (C=O) groups excluding carboxylic acids is 2. The van der Waals surface area contributed by atoms with Crippen LogP contribution in [0.1, 0.15) is 63.9 Å². The first-order chi connectivity index (χ1) is 12.6. The molecule has 26 heavy (non-hydrogen) atoms. The van der Waals surface area contributed by atoms with Gasteiger partial charge in [0.25, 0.3) is 11.8 Å². The minimum Gasteiger partial charge on any atom is -0.349 e. The largest absolute Gasteiger partial charge is 0.349 e. The molecule has 0 bridgehead atoms. The summed E-state index contributed by atoms with van der Waals surface area (Å²) in [4.78, 5) is 24.6. The summed E-state index contributed by atoms with van der Waals surface area (Å²) in [6.45, 7) is 2.52. The van der Waals surface area contributed by atoms with Crippen LogP contribution in [0.25, 0.3) is 0 Å². The molecule has 0 spiro atoms. The van der Waals surface area contributed by atoms with E-state index in [1.807, 2.05) is 25.1 Å². The van der Waals surface area contributed by atoms with Gasteiger partial charge in [-0.2, -0.15) is 0 Å². The standard InChI is InChI=1S/C22H26N2O2/c1-16-6-5-7-17(14-16)15-23-21(25)18-10-12-19(13-11-18)22(26)24-20-8-3-2-4-9-20/h5-7,10-14,20H,2-4,8-9,15H2,1H3,(H,23,25)(H,24,26). The van der Waals surface area contributed by atoms with Crippen LogP contribution in [0.2, 0.25) is 0 Å². The van der Waals surface area contributed by atoms with Crippen molar-refractivity contribution in [1.82, 2.24) is 10.6 Å². The van der Waals surface area contributed by atoms with Gasteiger partial charge in [-0.3, -0.25) is 9.59 Å². The van der Waals surface area contributed by atoms with Gasteiger partial charge in [0.15, 0.2) is 0 Å². The molecule has 0 aliphatic heterocycles. The molecule has 1 aliphatic carbocycles. The van der Waals surface area contributed by atoms with Crippen molar-refractivity contribution in [2.75, 3.05) is 0 Å². The highest BCUT2D eigenvalue weighted by Gasteiger charge is 2.16. The fourth-order valence-electron chi connectivity index (χ4n) is 3.40. The molecule has 4 heteroatoms. The van der Waals surface area contributed by atoms with Gasteiger partial charge in [-0.05, 0) is 49.6 Å². The van der Waals surface area contributed by atoms with Crippen molar-refractivity contribution in [3.8, 4) is 0 Å². The van der Waals surface area contributed by atoms with Gasteiger partial charge in [-0.1, -0.05) is 49.1 Å². The minimum absolute atomic E-state index is 0.0522. The SMILES string of the molecule is Cc1cccc(CNC(=O)c2ccc(C(=O)NC3CCCCC3)cc2)c1. The summed E-state index contributed by atoms with van der Waals surface area (Å²) in [7, 11) is 0. The van der Waals surface area contributed by atoms with Crippen molar-refractivity contribution >= 4 is 11.8 Å². The topological polar surface area (TPSA) is 58.2 Å². The van der Waals surface area contributed by atoms with E-state index < -0.39 is 0 Å². The summed E-state index contributed by atoms with van der Waals surface area (Å²) in [5.74, 6) is -0.186. The van der Waals surface area contributed by atoms with Gasteiger partial charge in [0, 0.05) is 23.7 Å². The summed E-state index contributed by atoms with van der Waals surface area (Å²) < 4.78 is 0. The van der Waals surface area contributed by atoms with Crippen molar-refractivity contribution < 1.29 is 9.59 Å². The predicted molar refractivity (Wildman–Crippen MR) is 103 cm³/mol. The van der Waals surface area contributed by atoms with Gasteiger partial charge in [0.05, 0.1) is 0 Å². The number of nitrogens with one attached hydrogen (secondary N) is 2. The van der Waals surface area contributed by atoms with E-state index in [1.54, 1.807) is 24.3 Å². The van der Waals surface area contributed by atoms with Crippen LogP contribution in [-0.2, 0) is 6.54 Å². The fourth-order valence-corrected chi connectivity index (χ4v) is 3.40. The van der Waals surface area contributed by atoms with E-state index in [0.29, 0.717) is 17.7 Å². The lowest BCUT2D eigenvalue weighted by Crippen LogP contribution is -2.36. The molecule has 136 valence electrons. The predicted octanol–water partition coefficient (Wildman–Crippen LogP) is 3.99. The number of amides is 2. The highest BCUT2D eigenvalue weighted by molar-refractivity contribution is 5.97. The van der Waals surface area contributed by atoms with E-state index in [9.17, 15) is 9.59 Å². The molecule has 2 aromatic rings. The highest BCUT2D eigenvalue weighted by atomic mass is 16.2. The van der Waals surface area contributed by atoms with Crippen LogP contribution in [0.15, 0.2) is 48.5 Å². The van der Waals surface area contributed by atoms with Crippen LogP contribution in [0.5, 0.6) is 0 Å². The first-order valence-corrected chi connectivity index (χ1v) is 9.36. The highest BCUT2D eigenvalue weighted by Crippen LogP contribution is 2.18. The van der Waals surface area contributed by atoms with Crippen LogP contribution in [0.3, 0.4) is 0 Å². The molecule has 2 N–H and O–H groups in total. The first-order valence-electron chi connectivity index (χ1n) is 9.36. The van der Waals surface area contributed by atoms with E-state index in [0.717, 1.165) is 18.4 Å². The Morgan fingerprint density at radius 3 is 2.23 bits per heavy atom. The smallest absolute Gasteiger partial charge is 0.251 e. The molecule has 2 amide bonds. The van der Waals surface area contributed by atoms with Gasteiger partial charge < -0.3 is 10.6 Å². The number of aryl methyl sites for hydroxylation is 1. The molecule has 3 rings (SSSR count). The second-order valence-electron chi connectivity index (χ2n) is 7.06. The van der Waals surface area contributed by atoms with Crippen molar-refractivity contribution in [3.63, 3.8) is 0 Å². The van der Waals surface area contributed by atoms with Gasteiger partial charge in [-0.25, -0.2) is 0 Å². The van der Waals surface area contributed by atoms with E-state index >= 15 is 0 Å². The third-order valence-corrected chi connectivity index (χ3v) is 4.89. The molecule has 0 saturated heterocycles. The zero-order chi connectivity index (χ0) is 18.4. The summed E-state index contributed by atoms with van der Waals surface area (Å²) in [6, 6.07) is 15.2. The Labute approximate surface area is 155 Å². The Morgan fingerprint density at radius 2 is 1.58 bits per heavy atom. The Bertz CT molecular complexity index is 762. The average Bonchev–Trinajstić information content (AvgIpc) is 2.67. The summed E-state index contributed by atoms with van der Waals surface area (Å²) in [5.41, 5.74) is 3.41. The van der Waals surface area contributed by atoms with E-state index in [4.69, 9.17) is 0 Å². The third kappa shape index (κ3) is 4.94. The molecule has 2 aromatic carbocycles. The molecule has 0 atom stereocenters. The summed E-state index contributed by atoms with van der Waals surface area (Å²) >= 11 is 0. The zero-order valence-corrected chi connectivity index (χ0v) is 15.3. The molecular formula is C22H26N2O2. The Kier molecular flexibility index (Phi) is 6.05. The Balaban J connectivity index is 1.54. The van der Waals surface area contributed by atoms with Crippen molar-refractivity contribution in [3.05, 3.63) is 70.8 Å². The Morgan fingerprint density at radius 1 is 0.923 bits per heavy atom. The van der Waals surface area contributed by atoms with Gasteiger partial charge in [-0.15, -0.1) is 0 Å². The third-order valence-electron chi connectivity index (χ3n) is 4.89. The second kappa shape index (κ2) is 8.65. The summed E-state index contributed by atoms with van der Waals surface area (Å²) in [6.07, 6.45) is 5.76. The molecular weight excluding hydrogens is 324 g/mol. The monoisotopic (exact) mass is 350 g/mol. The maximum Gasteiger partial charge on any atom is 0.251 e. The lowest BCUT2D eigenvalue weighted by molar-refractivity contribution is 0.0922. The molecule has 1 fully saturated rings. The minimum atomic E-state index is -0.134. The molecule has 1 saturated carbocycles. The van der Waals surface area contributed by atoms with Crippen molar-refractivity contribution in [2.24, 2.45) is 0 Å². The van der Waals surface area contributed by atoms with Crippen molar-refractivity contribution in [1.29, 1.82) is 0 Å². The lowest BCUT2D eigenvalue weighted by Gasteiger charge is -2.22. The van der Waals surface area contributed by atoms with E-state index in [2.05, 4.69) is 16.7 Å². The van der Waals surface area contributed by atoms with Crippen LogP contribution in [0.4, 0.5) is 0 Å². The van der Waals surface area contributed by atoms with Gasteiger partial charge >= 0.3 is 0 Å². The first kappa shape index (κ1) is 18.2. The maximum atomic E-state index is 12.3. The average molecular weight is 350 g/mol. The van der Waals surface area contributed by atoms with Gasteiger partial charge in [0.2, 0.25) is 0 Å². The molecule has 4 nitrogen and oxygen atoms in total. The second-order valence-corrected chi connectivity index (χ2v) is 7.06. The van der Waals surface area contributed by atoms with Crippen molar-refractivity contribution in [2.45, 2.75) is 51.6 Å². The number of hydrogen-bond donors (Lipinski definition) is 2. The number of hydrogen-bond acceptors (Lipinski definition) is 2. The summed E-state index contributed by atoms with van der Waals surface area (Å²) in [5, 5.41) is 6.01. The Hall–Kier alpha value is -2.62. The van der Waals surface area contributed by atoms with Crippen LogP contribution in [0, 0.1) is 6.92 Å². The van der Waals surface area contributed by atoms with Crippen LogP contribution >= 0.6 is 0 Å².